The average Bonchev–Trinajstić information content (AvgIpc) is 2.99. The lowest BCUT2D eigenvalue weighted by Gasteiger charge is -2.10. The molecule has 0 aliphatic heterocycles. The van der Waals surface area contributed by atoms with Crippen molar-refractivity contribution in [2.45, 2.75) is 4.90 Å². The van der Waals surface area contributed by atoms with Gasteiger partial charge in [0, 0.05) is 17.2 Å². The second-order valence-electron chi connectivity index (χ2n) is 6.15. The molecule has 4 rings (SSSR count). The number of hydrogen-bond acceptors (Lipinski definition) is 3. The number of carbonyl (C=O) groups is 1. The summed E-state index contributed by atoms with van der Waals surface area (Å²) < 4.78 is 54.4. The quantitative estimate of drug-likeness (QED) is 0.443. The minimum Gasteiger partial charge on any atom is -0.288 e. The van der Waals surface area contributed by atoms with E-state index in [1.54, 1.807) is 48.5 Å². The van der Waals surface area contributed by atoms with Gasteiger partial charge in [-0.3, -0.25) is 4.79 Å². The Labute approximate surface area is 164 Å². The van der Waals surface area contributed by atoms with Gasteiger partial charge < -0.3 is 0 Å². The van der Waals surface area contributed by atoms with E-state index >= 15 is 0 Å². The van der Waals surface area contributed by atoms with E-state index in [0.29, 0.717) is 23.3 Å². The van der Waals surface area contributed by atoms with Gasteiger partial charge in [0.05, 0.1) is 5.02 Å². The van der Waals surface area contributed by atoms with E-state index < -0.39 is 42.1 Å². The maximum atomic E-state index is 14.4. The van der Waals surface area contributed by atoms with E-state index in [9.17, 15) is 22.0 Å². The number of hydrogen-bond donors (Lipinski definition) is 0. The van der Waals surface area contributed by atoms with Gasteiger partial charge in [-0.25, -0.2) is 17.2 Å². The summed E-state index contributed by atoms with van der Waals surface area (Å²) in [4.78, 5) is 11.6. The van der Waals surface area contributed by atoms with Crippen molar-refractivity contribution in [3.8, 4) is 0 Å². The second kappa shape index (κ2) is 6.65. The van der Waals surface area contributed by atoms with E-state index in [2.05, 4.69) is 0 Å². The van der Waals surface area contributed by atoms with Gasteiger partial charge in [-0.15, -0.1) is 0 Å². The number of fused-ring (bicyclic) bond motifs is 1. The molecule has 7 heteroatoms. The minimum absolute atomic E-state index is 0.182. The predicted molar refractivity (Wildman–Crippen MR) is 102 cm³/mol. The molecule has 0 aromatic heterocycles. The lowest BCUT2D eigenvalue weighted by atomic mass is 9.99. The van der Waals surface area contributed by atoms with Gasteiger partial charge in [0.2, 0.25) is 15.6 Å². The SMILES string of the molecule is O=C1C(S(=O)(=O)c2cc(Cl)c(F)cc2F)=C(c2ccccc2)c2ccccc21. The molecule has 28 heavy (non-hydrogen) atoms. The molecule has 0 atom stereocenters. The van der Waals surface area contributed by atoms with Crippen LogP contribution >= 0.6 is 11.6 Å². The van der Waals surface area contributed by atoms with Crippen LogP contribution in [0.25, 0.3) is 5.57 Å². The first-order valence-corrected chi connectivity index (χ1v) is 10.0. The van der Waals surface area contributed by atoms with Crippen molar-refractivity contribution in [2.75, 3.05) is 0 Å². The van der Waals surface area contributed by atoms with Crippen molar-refractivity contribution in [2.24, 2.45) is 0 Å². The van der Waals surface area contributed by atoms with Crippen molar-refractivity contribution in [1.29, 1.82) is 0 Å². The van der Waals surface area contributed by atoms with Gasteiger partial charge in [-0.05, 0) is 17.2 Å². The largest absolute Gasteiger partial charge is 0.288 e. The van der Waals surface area contributed by atoms with Gasteiger partial charge in [-0.1, -0.05) is 66.2 Å². The Morgan fingerprint density at radius 3 is 2.07 bits per heavy atom. The summed E-state index contributed by atoms with van der Waals surface area (Å²) in [6.45, 7) is 0. The molecule has 0 bridgehead atoms. The minimum atomic E-state index is -4.62. The zero-order chi connectivity index (χ0) is 20.1. The van der Waals surface area contributed by atoms with Crippen LogP contribution < -0.4 is 0 Å². The standard InChI is InChI=1S/C21H11ClF2O3S/c22-15-10-18(17(24)11-16(15)23)28(26,27)21-19(12-6-2-1-3-7-12)13-8-4-5-9-14(13)20(21)25/h1-11H. The fourth-order valence-corrected chi connectivity index (χ4v) is 5.11. The van der Waals surface area contributed by atoms with Crippen molar-refractivity contribution in [1.82, 2.24) is 0 Å². The molecule has 3 aromatic rings. The summed E-state index contributed by atoms with van der Waals surface area (Å²) in [5.41, 5.74) is 1.31. The van der Waals surface area contributed by atoms with Gasteiger partial charge in [-0.2, -0.15) is 0 Å². The first kappa shape index (κ1) is 18.5. The number of benzene rings is 3. The van der Waals surface area contributed by atoms with Crippen LogP contribution in [0.1, 0.15) is 21.5 Å². The summed E-state index contributed by atoms with van der Waals surface area (Å²) in [6.07, 6.45) is 0. The van der Waals surface area contributed by atoms with Crippen LogP contribution in [0.2, 0.25) is 5.02 Å². The number of halogens is 3. The molecule has 1 aliphatic carbocycles. The normalized spacial score (nSPS) is 13.8. The molecule has 0 spiro atoms. The number of sulfone groups is 1. The maximum Gasteiger partial charge on any atom is 0.214 e. The van der Waals surface area contributed by atoms with Gasteiger partial charge >= 0.3 is 0 Å². The Bertz CT molecular complexity index is 1270. The molecule has 0 saturated carbocycles. The molecule has 3 aromatic carbocycles. The molecular formula is C21H11ClF2O3S. The fraction of sp³-hybridized carbons (Fsp3) is 0. The lowest BCUT2D eigenvalue weighted by Crippen LogP contribution is -2.14. The van der Waals surface area contributed by atoms with Crippen LogP contribution in [0.15, 0.2) is 76.5 Å². The van der Waals surface area contributed by atoms with Crippen molar-refractivity contribution < 1.29 is 22.0 Å². The number of carbonyl (C=O) groups excluding carboxylic acids is 1. The molecule has 0 radical (unpaired) electrons. The third-order valence-electron chi connectivity index (χ3n) is 4.47. The Balaban J connectivity index is 2.06. The van der Waals surface area contributed by atoms with Crippen molar-refractivity contribution >= 4 is 32.8 Å². The van der Waals surface area contributed by atoms with Crippen LogP contribution in [0.4, 0.5) is 8.78 Å². The molecule has 0 heterocycles. The van der Waals surface area contributed by atoms with E-state index in [1.807, 2.05) is 0 Å². The van der Waals surface area contributed by atoms with E-state index in [0.717, 1.165) is 0 Å². The van der Waals surface area contributed by atoms with E-state index in [1.165, 1.54) is 6.07 Å². The average molecular weight is 417 g/mol. The van der Waals surface area contributed by atoms with Crippen molar-refractivity contribution in [3.63, 3.8) is 0 Å². The molecule has 0 saturated heterocycles. The smallest absolute Gasteiger partial charge is 0.214 e. The monoisotopic (exact) mass is 416 g/mol. The summed E-state index contributed by atoms with van der Waals surface area (Å²) in [7, 11) is -4.62. The number of ketones is 1. The van der Waals surface area contributed by atoms with Crippen LogP contribution in [-0.2, 0) is 9.84 Å². The van der Waals surface area contributed by atoms with Crippen LogP contribution in [0.3, 0.4) is 0 Å². The Morgan fingerprint density at radius 1 is 0.786 bits per heavy atom. The summed E-state index contributed by atoms with van der Waals surface area (Å²) >= 11 is 5.67. The highest BCUT2D eigenvalue weighted by atomic mass is 35.5. The third-order valence-corrected chi connectivity index (χ3v) is 6.58. The molecule has 3 nitrogen and oxygen atoms in total. The highest BCUT2D eigenvalue weighted by molar-refractivity contribution is 7.96. The zero-order valence-corrected chi connectivity index (χ0v) is 15.7. The molecule has 0 fully saturated rings. The highest BCUT2D eigenvalue weighted by Crippen LogP contribution is 2.42. The first-order valence-electron chi connectivity index (χ1n) is 8.16. The lowest BCUT2D eigenvalue weighted by molar-refractivity contribution is 0.104. The second-order valence-corrected chi connectivity index (χ2v) is 8.41. The van der Waals surface area contributed by atoms with E-state index in [-0.39, 0.29) is 11.1 Å². The van der Waals surface area contributed by atoms with Crippen LogP contribution in [-0.4, -0.2) is 14.2 Å². The molecule has 0 unspecified atom stereocenters. The Kier molecular flexibility index (Phi) is 4.40. The Morgan fingerprint density at radius 2 is 1.39 bits per heavy atom. The van der Waals surface area contributed by atoms with Crippen LogP contribution in [0.5, 0.6) is 0 Å². The van der Waals surface area contributed by atoms with Gasteiger partial charge in [0.1, 0.15) is 21.4 Å². The fourth-order valence-electron chi connectivity index (χ4n) is 3.23. The number of Topliss-reactive ketones (excluding diaryl/α,β-unsaturated/α-hetero) is 1. The topological polar surface area (TPSA) is 51.2 Å². The van der Waals surface area contributed by atoms with E-state index in [4.69, 9.17) is 11.6 Å². The maximum absolute atomic E-state index is 14.4. The number of allylic oxidation sites excluding steroid dienone is 1. The van der Waals surface area contributed by atoms with Crippen molar-refractivity contribution in [3.05, 3.63) is 105 Å². The zero-order valence-electron chi connectivity index (χ0n) is 14.1. The Hall–Kier alpha value is -2.83. The summed E-state index contributed by atoms with van der Waals surface area (Å²) in [5, 5.41) is -0.551. The molecule has 140 valence electrons. The number of rotatable bonds is 3. The van der Waals surface area contributed by atoms with Gasteiger partial charge in [0.25, 0.3) is 0 Å². The summed E-state index contributed by atoms with van der Waals surface area (Å²) in [6, 6.07) is 16.0. The van der Waals surface area contributed by atoms with Gasteiger partial charge in [0.15, 0.2) is 0 Å². The predicted octanol–water partition coefficient (Wildman–Crippen LogP) is 5.05. The summed E-state index contributed by atoms with van der Waals surface area (Å²) in [5.74, 6) is -3.14. The van der Waals surface area contributed by atoms with Crippen LogP contribution in [0, 0.1) is 11.6 Å². The molecule has 0 amide bonds. The third kappa shape index (κ3) is 2.77. The molecular weight excluding hydrogens is 406 g/mol. The highest BCUT2D eigenvalue weighted by Gasteiger charge is 2.40. The molecule has 1 aliphatic rings. The molecule has 0 N–H and O–H groups in total. The first-order chi connectivity index (χ1) is 13.3.